The summed E-state index contributed by atoms with van der Waals surface area (Å²) in [5, 5.41) is 22.6. The second kappa shape index (κ2) is 6.22. The zero-order valence-electron chi connectivity index (χ0n) is 10.2. The fourth-order valence-electron chi connectivity index (χ4n) is 1.61. The van der Waals surface area contributed by atoms with E-state index in [2.05, 4.69) is 10.3 Å². The van der Waals surface area contributed by atoms with Gasteiger partial charge >= 0.3 is 11.0 Å². The summed E-state index contributed by atoms with van der Waals surface area (Å²) in [6, 6.07) is 7.10. The van der Waals surface area contributed by atoms with Gasteiger partial charge < -0.3 is 5.11 Å². The lowest BCUT2D eigenvalue weighted by Gasteiger charge is -2.11. The molecular weight excluding hydrogens is 282 g/mol. The number of carboxylic acid groups (broad SMARTS) is 1. The molecule has 2 N–H and O–H groups in total. The maximum absolute atomic E-state index is 11.3. The maximum Gasteiger partial charge on any atom is 0.326 e. The molecule has 2 aromatic rings. The number of hydrogen-bond donors (Lipinski definition) is 2. The predicted molar refractivity (Wildman–Crippen MR) is 72.4 cm³/mol. The number of aromatic nitrogens is 1. The molecule has 0 aliphatic heterocycles. The molecule has 0 saturated heterocycles. The Morgan fingerprint density at radius 2 is 2.25 bits per heavy atom. The van der Waals surface area contributed by atoms with Gasteiger partial charge in [0.1, 0.15) is 6.04 Å². The van der Waals surface area contributed by atoms with Crippen LogP contribution in [0.5, 0.6) is 0 Å². The van der Waals surface area contributed by atoms with Gasteiger partial charge in [-0.05, 0) is 18.2 Å². The highest BCUT2D eigenvalue weighted by molar-refractivity contribution is 7.15. The van der Waals surface area contributed by atoms with E-state index in [1.54, 1.807) is 24.4 Å². The minimum Gasteiger partial charge on any atom is -0.480 e. The second-order valence-electron chi connectivity index (χ2n) is 3.91. The summed E-state index contributed by atoms with van der Waals surface area (Å²) in [6.45, 7) is 0.267. The van der Waals surface area contributed by atoms with Crippen molar-refractivity contribution in [1.82, 2.24) is 10.3 Å². The molecule has 0 amide bonds. The number of carboxylic acids is 1. The van der Waals surface area contributed by atoms with Crippen LogP contribution >= 0.6 is 11.3 Å². The van der Waals surface area contributed by atoms with Gasteiger partial charge in [-0.25, -0.2) is 0 Å². The SMILES string of the molecule is O=C(O)C(NCc1ccccn1)c1ccc([N+](=O)[O-])s1. The van der Waals surface area contributed by atoms with Gasteiger partial charge in [-0.15, -0.1) is 0 Å². The number of rotatable bonds is 6. The third kappa shape index (κ3) is 3.37. The Balaban J connectivity index is 2.10. The van der Waals surface area contributed by atoms with Crippen molar-refractivity contribution in [2.24, 2.45) is 0 Å². The summed E-state index contributed by atoms with van der Waals surface area (Å²) in [6.07, 6.45) is 1.61. The van der Waals surface area contributed by atoms with Crippen molar-refractivity contribution in [2.75, 3.05) is 0 Å². The molecule has 0 radical (unpaired) electrons. The van der Waals surface area contributed by atoms with Crippen LogP contribution in [0.4, 0.5) is 5.00 Å². The topological polar surface area (TPSA) is 105 Å². The molecule has 7 nitrogen and oxygen atoms in total. The molecule has 0 aliphatic carbocycles. The van der Waals surface area contributed by atoms with Crippen LogP contribution in [-0.2, 0) is 11.3 Å². The van der Waals surface area contributed by atoms with Gasteiger partial charge in [0.25, 0.3) is 0 Å². The summed E-state index contributed by atoms with van der Waals surface area (Å²) in [5.41, 5.74) is 0.699. The Hall–Kier alpha value is -2.32. The van der Waals surface area contributed by atoms with Gasteiger partial charge in [0.05, 0.1) is 10.6 Å². The molecule has 0 aliphatic rings. The Bertz CT molecular complexity index is 614. The lowest BCUT2D eigenvalue weighted by atomic mass is 10.2. The molecule has 1 unspecified atom stereocenters. The highest BCUT2D eigenvalue weighted by atomic mass is 32.1. The molecule has 8 heteroatoms. The molecule has 2 heterocycles. The average molecular weight is 293 g/mol. The van der Waals surface area contributed by atoms with Crippen molar-refractivity contribution in [2.45, 2.75) is 12.6 Å². The Labute approximate surface area is 118 Å². The molecule has 0 bridgehead atoms. The lowest BCUT2D eigenvalue weighted by Crippen LogP contribution is -2.27. The third-order valence-electron chi connectivity index (χ3n) is 2.54. The van der Waals surface area contributed by atoms with Crippen LogP contribution in [-0.4, -0.2) is 21.0 Å². The smallest absolute Gasteiger partial charge is 0.326 e. The standard InChI is InChI=1S/C12H11N3O4S/c16-12(17)11(9-4-5-10(20-9)15(18)19)14-7-8-3-1-2-6-13-8/h1-6,11,14H,7H2,(H,16,17). The molecule has 2 rings (SSSR count). The summed E-state index contributed by atoms with van der Waals surface area (Å²) < 4.78 is 0. The van der Waals surface area contributed by atoms with E-state index >= 15 is 0 Å². The molecule has 20 heavy (non-hydrogen) atoms. The van der Waals surface area contributed by atoms with Gasteiger partial charge in [0.15, 0.2) is 0 Å². The van der Waals surface area contributed by atoms with Crippen molar-refractivity contribution < 1.29 is 14.8 Å². The number of hydrogen-bond acceptors (Lipinski definition) is 6. The summed E-state index contributed by atoms with van der Waals surface area (Å²) in [4.78, 5) is 25.8. The van der Waals surface area contributed by atoms with Gasteiger partial charge in [-0.1, -0.05) is 17.4 Å². The van der Waals surface area contributed by atoms with Gasteiger partial charge in [0, 0.05) is 23.7 Å². The number of nitro groups is 1. The first-order valence-electron chi connectivity index (χ1n) is 5.68. The zero-order chi connectivity index (χ0) is 14.5. The van der Waals surface area contributed by atoms with E-state index in [-0.39, 0.29) is 11.5 Å². The first kappa shape index (κ1) is 14.1. The van der Waals surface area contributed by atoms with Crippen LogP contribution in [0.2, 0.25) is 0 Å². The van der Waals surface area contributed by atoms with E-state index in [0.29, 0.717) is 10.6 Å². The van der Waals surface area contributed by atoms with Crippen LogP contribution < -0.4 is 5.32 Å². The van der Waals surface area contributed by atoms with Crippen LogP contribution in [0.1, 0.15) is 16.6 Å². The maximum atomic E-state index is 11.3. The first-order chi connectivity index (χ1) is 9.58. The third-order valence-corrected chi connectivity index (χ3v) is 3.64. The highest BCUT2D eigenvalue weighted by Gasteiger charge is 2.23. The van der Waals surface area contributed by atoms with Gasteiger partial charge in [0.2, 0.25) is 0 Å². The van der Waals surface area contributed by atoms with E-state index < -0.39 is 16.9 Å². The first-order valence-corrected chi connectivity index (χ1v) is 6.50. The Kier molecular flexibility index (Phi) is 4.38. The minimum atomic E-state index is -1.09. The minimum absolute atomic E-state index is 0.0779. The van der Waals surface area contributed by atoms with E-state index in [4.69, 9.17) is 0 Å². The number of aliphatic carboxylic acids is 1. The molecule has 1 atom stereocenters. The predicted octanol–water partition coefficient (Wildman–Crippen LogP) is 1.97. The average Bonchev–Trinajstić information content (AvgIpc) is 2.89. The fraction of sp³-hybridized carbons (Fsp3) is 0.167. The molecular formula is C12H11N3O4S. The van der Waals surface area contributed by atoms with Crippen LogP contribution in [0.15, 0.2) is 36.5 Å². The second-order valence-corrected chi connectivity index (χ2v) is 5.00. The zero-order valence-corrected chi connectivity index (χ0v) is 11.0. The van der Waals surface area contributed by atoms with E-state index in [0.717, 1.165) is 11.3 Å². The molecule has 0 aromatic carbocycles. The lowest BCUT2D eigenvalue weighted by molar-refractivity contribution is -0.380. The normalized spacial score (nSPS) is 12.0. The van der Waals surface area contributed by atoms with Gasteiger partial charge in [-0.3, -0.25) is 25.2 Å². The van der Waals surface area contributed by atoms with Crippen LogP contribution in [0.3, 0.4) is 0 Å². The van der Waals surface area contributed by atoms with Crippen molar-refractivity contribution in [1.29, 1.82) is 0 Å². The number of nitrogens with one attached hydrogen (secondary N) is 1. The number of nitrogens with zero attached hydrogens (tertiary/aromatic N) is 2. The van der Waals surface area contributed by atoms with Crippen molar-refractivity contribution in [3.8, 4) is 0 Å². The highest BCUT2D eigenvalue weighted by Crippen LogP contribution is 2.29. The number of carbonyl (C=O) groups is 1. The van der Waals surface area contributed by atoms with Crippen molar-refractivity contribution in [3.05, 3.63) is 57.2 Å². The Morgan fingerprint density at radius 3 is 2.80 bits per heavy atom. The van der Waals surface area contributed by atoms with E-state index in [1.807, 2.05) is 0 Å². The van der Waals surface area contributed by atoms with Crippen LogP contribution in [0, 0.1) is 10.1 Å². The molecule has 0 fully saturated rings. The number of thiophene rings is 1. The monoisotopic (exact) mass is 293 g/mol. The molecule has 0 spiro atoms. The quantitative estimate of drug-likeness (QED) is 0.623. The summed E-state index contributed by atoms with van der Waals surface area (Å²) in [5.74, 6) is -1.09. The summed E-state index contributed by atoms with van der Waals surface area (Å²) in [7, 11) is 0. The molecule has 104 valence electrons. The van der Waals surface area contributed by atoms with Crippen molar-refractivity contribution >= 4 is 22.3 Å². The number of pyridine rings is 1. The van der Waals surface area contributed by atoms with Crippen LogP contribution in [0.25, 0.3) is 0 Å². The van der Waals surface area contributed by atoms with Crippen molar-refractivity contribution in [3.63, 3.8) is 0 Å². The summed E-state index contributed by atoms with van der Waals surface area (Å²) >= 11 is 0.850. The van der Waals surface area contributed by atoms with E-state index in [9.17, 15) is 20.0 Å². The van der Waals surface area contributed by atoms with E-state index in [1.165, 1.54) is 12.1 Å². The largest absolute Gasteiger partial charge is 0.480 e. The van der Waals surface area contributed by atoms with Gasteiger partial charge in [-0.2, -0.15) is 0 Å². The molecule has 2 aromatic heterocycles. The fourth-order valence-corrected chi connectivity index (χ4v) is 2.50. The Morgan fingerprint density at radius 1 is 1.45 bits per heavy atom. The molecule has 0 saturated carbocycles.